The van der Waals surface area contributed by atoms with Gasteiger partial charge in [0.15, 0.2) is 0 Å². The van der Waals surface area contributed by atoms with E-state index in [4.69, 9.17) is 9.47 Å². The van der Waals surface area contributed by atoms with Crippen molar-refractivity contribution >= 4 is 15.9 Å². The lowest BCUT2D eigenvalue weighted by Gasteiger charge is -2.23. The van der Waals surface area contributed by atoms with E-state index in [0.29, 0.717) is 13.2 Å². The lowest BCUT2D eigenvalue weighted by atomic mass is 10.1. The summed E-state index contributed by atoms with van der Waals surface area (Å²) in [6.45, 7) is 14.5. The van der Waals surface area contributed by atoms with Gasteiger partial charge < -0.3 is 14.8 Å². The van der Waals surface area contributed by atoms with Crippen molar-refractivity contribution in [3.63, 3.8) is 0 Å². The van der Waals surface area contributed by atoms with E-state index in [1.165, 1.54) is 0 Å². The van der Waals surface area contributed by atoms with E-state index in [2.05, 4.69) is 48.1 Å². The number of hydrogen-bond acceptors (Lipinski definition) is 3. The second-order valence-corrected chi connectivity index (χ2v) is 8.00. The molecule has 21 heavy (non-hydrogen) atoms. The van der Waals surface area contributed by atoms with Crippen molar-refractivity contribution in [2.45, 2.75) is 59.2 Å². The first-order chi connectivity index (χ1) is 9.58. The molecule has 0 atom stereocenters. The Morgan fingerprint density at radius 3 is 2.29 bits per heavy atom. The van der Waals surface area contributed by atoms with Crippen molar-refractivity contribution in [1.82, 2.24) is 5.32 Å². The van der Waals surface area contributed by atoms with Crippen LogP contribution in [0.3, 0.4) is 0 Å². The number of halogens is 1. The molecule has 1 rings (SSSR count). The summed E-state index contributed by atoms with van der Waals surface area (Å²) in [6, 6.07) is 6.12. The highest BCUT2D eigenvalue weighted by Crippen LogP contribution is 2.29. The maximum absolute atomic E-state index is 5.92. The Hall–Kier alpha value is -0.580. The molecule has 0 aliphatic rings. The van der Waals surface area contributed by atoms with E-state index >= 15 is 0 Å². The SMILES string of the molecule is CC(C)(C)NCc1cccc(Br)c1OCCOC(C)(C)C. The summed E-state index contributed by atoms with van der Waals surface area (Å²) >= 11 is 3.57. The summed E-state index contributed by atoms with van der Waals surface area (Å²) in [5.74, 6) is 0.895. The van der Waals surface area contributed by atoms with Gasteiger partial charge in [-0.05, 0) is 63.5 Å². The Labute approximate surface area is 137 Å². The molecule has 0 aliphatic heterocycles. The lowest BCUT2D eigenvalue weighted by molar-refractivity contribution is -0.0164. The van der Waals surface area contributed by atoms with Crippen LogP contribution in [0.1, 0.15) is 47.1 Å². The van der Waals surface area contributed by atoms with Gasteiger partial charge in [0, 0.05) is 17.6 Å². The van der Waals surface area contributed by atoms with Crippen LogP contribution in [0.4, 0.5) is 0 Å². The molecular weight excluding hydrogens is 330 g/mol. The average molecular weight is 358 g/mol. The third-order valence-corrected chi connectivity index (χ3v) is 3.35. The zero-order valence-electron chi connectivity index (χ0n) is 14.0. The highest BCUT2D eigenvalue weighted by molar-refractivity contribution is 9.10. The van der Waals surface area contributed by atoms with Gasteiger partial charge >= 0.3 is 0 Å². The van der Waals surface area contributed by atoms with E-state index in [1.807, 2.05) is 32.9 Å². The number of hydrogen-bond donors (Lipinski definition) is 1. The molecule has 4 heteroatoms. The van der Waals surface area contributed by atoms with Gasteiger partial charge in [0.05, 0.1) is 16.7 Å². The maximum atomic E-state index is 5.92. The van der Waals surface area contributed by atoms with Crippen LogP contribution in [0.2, 0.25) is 0 Å². The molecule has 0 aliphatic carbocycles. The zero-order valence-corrected chi connectivity index (χ0v) is 15.6. The second-order valence-electron chi connectivity index (χ2n) is 7.14. The van der Waals surface area contributed by atoms with Gasteiger partial charge in [0.1, 0.15) is 12.4 Å². The molecule has 0 saturated heterocycles. The van der Waals surface area contributed by atoms with Crippen LogP contribution >= 0.6 is 15.9 Å². The minimum atomic E-state index is -0.131. The molecule has 1 aromatic carbocycles. The average Bonchev–Trinajstić information content (AvgIpc) is 2.31. The van der Waals surface area contributed by atoms with Crippen LogP contribution in [0.25, 0.3) is 0 Å². The first-order valence-corrected chi connectivity index (χ1v) is 8.17. The predicted octanol–water partition coefficient (Wildman–Crippen LogP) is 4.53. The molecule has 0 amide bonds. The summed E-state index contributed by atoms with van der Waals surface area (Å²) in [4.78, 5) is 0. The fraction of sp³-hybridized carbons (Fsp3) is 0.647. The third kappa shape index (κ3) is 7.84. The Morgan fingerprint density at radius 1 is 1.05 bits per heavy atom. The Kier molecular flexibility index (Phi) is 6.70. The van der Waals surface area contributed by atoms with E-state index in [1.54, 1.807) is 0 Å². The van der Waals surface area contributed by atoms with Crippen molar-refractivity contribution in [2.24, 2.45) is 0 Å². The van der Waals surface area contributed by atoms with Crippen molar-refractivity contribution in [2.75, 3.05) is 13.2 Å². The molecule has 3 nitrogen and oxygen atoms in total. The van der Waals surface area contributed by atoms with Crippen LogP contribution in [0.15, 0.2) is 22.7 Å². The fourth-order valence-corrected chi connectivity index (χ4v) is 2.23. The van der Waals surface area contributed by atoms with E-state index in [-0.39, 0.29) is 11.1 Å². The molecule has 0 unspecified atom stereocenters. The number of para-hydroxylation sites is 1. The predicted molar refractivity (Wildman–Crippen MR) is 91.9 cm³/mol. The highest BCUT2D eigenvalue weighted by atomic mass is 79.9. The van der Waals surface area contributed by atoms with Gasteiger partial charge in [-0.15, -0.1) is 0 Å². The standard InChI is InChI=1S/C17H28BrNO2/c1-16(2,3)19-12-13-8-7-9-14(18)15(13)20-10-11-21-17(4,5)6/h7-9,19H,10-12H2,1-6H3. The molecule has 0 radical (unpaired) electrons. The first-order valence-electron chi connectivity index (χ1n) is 7.38. The van der Waals surface area contributed by atoms with E-state index in [0.717, 1.165) is 22.3 Å². The Balaban J connectivity index is 2.63. The van der Waals surface area contributed by atoms with Crippen molar-refractivity contribution < 1.29 is 9.47 Å². The smallest absolute Gasteiger partial charge is 0.138 e. The van der Waals surface area contributed by atoms with Crippen molar-refractivity contribution in [3.05, 3.63) is 28.2 Å². The largest absolute Gasteiger partial charge is 0.490 e. The molecule has 120 valence electrons. The fourth-order valence-electron chi connectivity index (χ4n) is 1.71. The Bertz CT molecular complexity index is 447. The maximum Gasteiger partial charge on any atom is 0.138 e. The van der Waals surface area contributed by atoms with Gasteiger partial charge in [0.25, 0.3) is 0 Å². The van der Waals surface area contributed by atoms with Crippen molar-refractivity contribution in [3.8, 4) is 5.75 Å². The Morgan fingerprint density at radius 2 is 1.71 bits per heavy atom. The molecule has 1 aromatic rings. The van der Waals surface area contributed by atoms with Crippen LogP contribution < -0.4 is 10.1 Å². The number of ether oxygens (including phenoxy) is 2. The normalized spacial score (nSPS) is 12.5. The molecule has 0 fully saturated rings. The third-order valence-electron chi connectivity index (χ3n) is 2.72. The second kappa shape index (κ2) is 7.61. The van der Waals surface area contributed by atoms with Crippen molar-refractivity contribution in [1.29, 1.82) is 0 Å². The topological polar surface area (TPSA) is 30.5 Å². The molecular formula is C17H28BrNO2. The van der Waals surface area contributed by atoms with Gasteiger partial charge in [-0.1, -0.05) is 12.1 Å². The summed E-state index contributed by atoms with van der Waals surface area (Å²) in [6.07, 6.45) is 0. The monoisotopic (exact) mass is 357 g/mol. The van der Waals surface area contributed by atoms with E-state index < -0.39 is 0 Å². The van der Waals surface area contributed by atoms with Crippen LogP contribution in [0, 0.1) is 0 Å². The van der Waals surface area contributed by atoms with Crippen LogP contribution in [0.5, 0.6) is 5.75 Å². The van der Waals surface area contributed by atoms with Gasteiger partial charge in [-0.25, -0.2) is 0 Å². The quantitative estimate of drug-likeness (QED) is 0.758. The molecule has 0 saturated carbocycles. The summed E-state index contributed by atoms with van der Waals surface area (Å²) in [5, 5.41) is 3.49. The number of nitrogens with one attached hydrogen (secondary N) is 1. The zero-order chi connectivity index (χ0) is 16.1. The molecule has 1 N–H and O–H groups in total. The summed E-state index contributed by atoms with van der Waals surface area (Å²) in [7, 11) is 0. The highest BCUT2D eigenvalue weighted by Gasteiger charge is 2.14. The van der Waals surface area contributed by atoms with Crippen LogP contribution in [-0.2, 0) is 11.3 Å². The molecule has 0 aromatic heterocycles. The van der Waals surface area contributed by atoms with Gasteiger partial charge in [-0.3, -0.25) is 0 Å². The summed E-state index contributed by atoms with van der Waals surface area (Å²) in [5.41, 5.74) is 1.10. The summed E-state index contributed by atoms with van der Waals surface area (Å²) < 4.78 is 12.6. The number of rotatable bonds is 6. The number of benzene rings is 1. The van der Waals surface area contributed by atoms with Gasteiger partial charge in [0.2, 0.25) is 0 Å². The first kappa shape index (κ1) is 18.5. The molecule has 0 heterocycles. The lowest BCUT2D eigenvalue weighted by Crippen LogP contribution is -2.35. The minimum absolute atomic E-state index is 0.0783. The van der Waals surface area contributed by atoms with Gasteiger partial charge in [-0.2, -0.15) is 0 Å². The molecule has 0 bridgehead atoms. The molecule has 0 spiro atoms. The van der Waals surface area contributed by atoms with E-state index in [9.17, 15) is 0 Å². The van der Waals surface area contributed by atoms with Crippen LogP contribution in [-0.4, -0.2) is 24.4 Å². The minimum Gasteiger partial charge on any atom is -0.490 e.